The van der Waals surface area contributed by atoms with Crippen LogP contribution in [0.5, 0.6) is 0 Å². The van der Waals surface area contributed by atoms with E-state index in [1.165, 1.54) is 17.4 Å². The Morgan fingerprint density at radius 2 is 2.14 bits per heavy atom. The molecule has 0 saturated carbocycles. The van der Waals surface area contributed by atoms with Crippen molar-refractivity contribution in [2.75, 3.05) is 5.32 Å². The van der Waals surface area contributed by atoms with E-state index in [-0.39, 0.29) is 5.91 Å². The summed E-state index contributed by atoms with van der Waals surface area (Å²) in [5.41, 5.74) is 0.798. The van der Waals surface area contributed by atoms with Crippen molar-refractivity contribution >= 4 is 40.1 Å². The zero-order valence-electron chi connectivity index (χ0n) is 11.8. The van der Waals surface area contributed by atoms with Crippen molar-refractivity contribution in [2.45, 2.75) is 20.3 Å². The van der Waals surface area contributed by atoms with Crippen LogP contribution < -0.4 is 5.32 Å². The minimum absolute atomic E-state index is 0.248. The third kappa shape index (κ3) is 4.95. The van der Waals surface area contributed by atoms with E-state index in [0.29, 0.717) is 16.1 Å². The van der Waals surface area contributed by atoms with E-state index >= 15 is 0 Å². The molecule has 0 aliphatic heterocycles. The van der Waals surface area contributed by atoms with E-state index in [2.05, 4.69) is 29.4 Å². The van der Waals surface area contributed by atoms with Crippen molar-refractivity contribution < 1.29 is 4.79 Å². The molecule has 1 heterocycles. The summed E-state index contributed by atoms with van der Waals surface area (Å²) in [4.78, 5) is 11.8. The molecule has 0 radical (unpaired) electrons. The quantitative estimate of drug-likeness (QED) is 0.845. The zero-order valence-corrected chi connectivity index (χ0v) is 13.4. The number of nitrogens with one attached hydrogen (secondary N) is 1. The maximum absolute atomic E-state index is 11.8. The lowest BCUT2D eigenvalue weighted by Gasteiger charge is -1.98. The van der Waals surface area contributed by atoms with Crippen molar-refractivity contribution in [3.05, 3.63) is 45.9 Å². The SMILES string of the molecule is CC(C)Cc1nnc(NC(=O)C=Cc2ccccc2Cl)s1. The first-order chi connectivity index (χ1) is 10.0. The number of benzene rings is 1. The second-order valence-corrected chi connectivity index (χ2v) is 6.41. The molecule has 1 amide bonds. The fourth-order valence-corrected chi connectivity index (χ4v) is 2.81. The summed E-state index contributed by atoms with van der Waals surface area (Å²) >= 11 is 7.42. The van der Waals surface area contributed by atoms with Gasteiger partial charge in [-0.2, -0.15) is 0 Å². The van der Waals surface area contributed by atoms with Crippen LogP contribution in [0.4, 0.5) is 5.13 Å². The van der Waals surface area contributed by atoms with E-state index in [9.17, 15) is 4.79 Å². The number of rotatable bonds is 5. The lowest BCUT2D eigenvalue weighted by atomic mass is 10.1. The van der Waals surface area contributed by atoms with E-state index in [4.69, 9.17) is 11.6 Å². The molecule has 0 atom stereocenters. The van der Waals surface area contributed by atoms with Crippen LogP contribution in [0, 0.1) is 5.92 Å². The Labute approximate surface area is 132 Å². The standard InChI is InChI=1S/C15H16ClN3OS/c1-10(2)9-14-18-19-15(21-14)17-13(20)8-7-11-5-3-4-6-12(11)16/h3-8,10H,9H2,1-2H3,(H,17,19,20). The van der Waals surface area contributed by atoms with Gasteiger partial charge >= 0.3 is 0 Å². The monoisotopic (exact) mass is 321 g/mol. The van der Waals surface area contributed by atoms with Crippen molar-refractivity contribution in [3.63, 3.8) is 0 Å². The minimum atomic E-state index is -0.248. The Bertz CT molecular complexity index is 652. The Morgan fingerprint density at radius 3 is 2.86 bits per heavy atom. The van der Waals surface area contributed by atoms with Gasteiger partial charge in [-0.3, -0.25) is 10.1 Å². The predicted octanol–water partition coefficient (Wildman–Crippen LogP) is 4.04. The topological polar surface area (TPSA) is 54.9 Å². The molecular weight excluding hydrogens is 306 g/mol. The maximum Gasteiger partial charge on any atom is 0.250 e. The number of hydrogen-bond donors (Lipinski definition) is 1. The average Bonchev–Trinajstić information content (AvgIpc) is 2.84. The van der Waals surface area contributed by atoms with Crippen LogP contribution in [0.25, 0.3) is 6.08 Å². The third-order valence-corrected chi connectivity index (χ3v) is 3.80. The fourth-order valence-electron chi connectivity index (χ4n) is 1.66. The largest absolute Gasteiger partial charge is 0.297 e. The number of anilines is 1. The minimum Gasteiger partial charge on any atom is -0.297 e. The highest BCUT2D eigenvalue weighted by Gasteiger charge is 2.07. The van der Waals surface area contributed by atoms with Crippen LogP contribution in [0.1, 0.15) is 24.4 Å². The second kappa shape index (κ2) is 7.33. The van der Waals surface area contributed by atoms with Gasteiger partial charge in [-0.05, 0) is 23.6 Å². The molecule has 0 unspecified atom stereocenters. The summed E-state index contributed by atoms with van der Waals surface area (Å²) < 4.78 is 0. The Hall–Kier alpha value is -1.72. The van der Waals surface area contributed by atoms with Gasteiger partial charge in [0.25, 0.3) is 0 Å². The number of hydrogen-bond acceptors (Lipinski definition) is 4. The molecule has 0 spiro atoms. The molecule has 2 aromatic rings. The number of aromatic nitrogens is 2. The first-order valence-electron chi connectivity index (χ1n) is 6.60. The number of nitrogens with zero attached hydrogens (tertiary/aromatic N) is 2. The first kappa shape index (κ1) is 15.7. The molecule has 21 heavy (non-hydrogen) atoms. The highest BCUT2D eigenvalue weighted by Crippen LogP contribution is 2.19. The van der Waals surface area contributed by atoms with E-state index in [0.717, 1.165) is 17.0 Å². The normalized spacial score (nSPS) is 11.2. The molecule has 4 nitrogen and oxygen atoms in total. The van der Waals surface area contributed by atoms with Crippen LogP contribution in [-0.2, 0) is 11.2 Å². The molecule has 0 fully saturated rings. The van der Waals surface area contributed by atoms with E-state index in [1.807, 2.05) is 18.2 Å². The summed E-state index contributed by atoms with van der Waals surface area (Å²) in [7, 11) is 0. The van der Waals surface area contributed by atoms with E-state index in [1.54, 1.807) is 12.1 Å². The summed E-state index contributed by atoms with van der Waals surface area (Å²) in [5, 5.41) is 12.8. The van der Waals surface area contributed by atoms with Crippen LogP contribution >= 0.6 is 22.9 Å². The van der Waals surface area contributed by atoms with Gasteiger partial charge in [-0.15, -0.1) is 10.2 Å². The number of carbonyl (C=O) groups excluding carboxylic acids is 1. The van der Waals surface area contributed by atoms with Crippen molar-refractivity contribution in [1.29, 1.82) is 0 Å². The Kier molecular flexibility index (Phi) is 5.47. The molecule has 1 aromatic heterocycles. The predicted molar refractivity (Wildman–Crippen MR) is 87.6 cm³/mol. The summed E-state index contributed by atoms with van der Waals surface area (Å²) in [6.45, 7) is 4.23. The molecule has 1 N–H and O–H groups in total. The number of carbonyl (C=O) groups is 1. The van der Waals surface area contributed by atoms with Crippen LogP contribution in [-0.4, -0.2) is 16.1 Å². The van der Waals surface area contributed by atoms with Gasteiger partial charge in [0.15, 0.2) is 0 Å². The second-order valence-electron chi connectivity index (χ2n) is 4.94. The molecule has 0 aliphatic rings. The van der Waals surface area contributed by atoms with Crippen LogP contribution in [0.3, 0.4) is 0 Å². The zero-order chi connectivity index (χ0) is 15.2. The van der Waals surface area contributed by atoms with Gasteiger partial charge in [0.05, 0.1) is 0 Å². The number of halogens is 1. The number of amides is 1. The molecule has 1 aromatic carbocycles. The average molecular weight is 322 g/mol. The van der Waals surface area contributed by atoms with Crippen molar-refractivity contribution in [2.24, 2.45) is 5.92 Å². The lowest BCUT2D eigenvalue weighted by molar-refractivity contribution is -0.111. The molecular formula is C15H16ClN3OS. The van der Waals surface area contributed by atoms with Crippen LogP contribution in [0.2, 0.25) is 5.02 Å². The van der Waals surface area contributed by atoms with Gasteiger partial charge in [-0.25, -0.2) is 0 Å². The molecule has 0 saturated heterocycles. The van der Waals surface area contributed by atoms with Crippen molar-refractivity contribution in [3.8, 4) is 0 Å². The van der Waals surface area contributed by atoms with Gasteiger partial charge < -0.3 is 0 Å². The van der Waals surface area contributed by atoms with Gasteiger partial charge in [-0.1, -0.05) is 55.0 Å². The van der Waals surface area contributed by atoms with Gasteiger partial charge in [0, 0.05) is 17.5 Å². The lowest BCUT2D eigenvalue weighted by Crippen LogP contribution is -2.07. The van der Waals surface area contributed by atoms with Gasteiger partial charge in [0.2, 0.25) is 11.0 Å². The molecule has 110 valence electrons. The Morgan fingerprint density at radius 1 is 1.38 bits per heavy atom. The molecule has 0 bridgehead atoms. The maximum atomic E-state index is 11.8. The summed E-state index contributed by atoms with van der Waals surface area (Å²) in [6.07, 6.45) is 3.97. The third-order valence-electron chi connectivity index (χ3n) is 2.60. The highest BCUT2D eigenvalue weighted by atomic mass is 35.5. The van der Waals surface area contributed by atoms with E-state index < -0.39 is 0 Å². The highest BCUT2D eigenvalue weighted by molar-refractivity contribution is 7.15. The van der Waals surface area contributed by atoms with Gasteiger partial charge in [0.1, 0.15) is 5.01 Å². The molecule has 0 aliphatic carbocycles. The Balaban J connectivity index is 1.95. The first-order valence-corrected chi connectivity index (χ1v) is 7.80. The summed E-state index contributed by atoms with van der Waals surface area (Å²) in [5.74, 6) is 0.267. The van der Waals surface area contributed by atoms with Crippen molar-refractivity contribution in [1.82, 2.24) is 10.2 Å². The van der Waals surface area contributed by atoms with Crippen LogP contribution in [0.15, 0.2) is 30.3 Å². The molecule has 6 heteroatoms. The smallest absolute Gasteiger partial charge is 0.250 e. The fraction of sp³-hybridized carbons (Fsp3) is 0.267. The summed E-state index contributed by atoms with van der Waals surface area (Å²) in [6, 6.07) is 7.34. The molecule has 2 rings (SSSR count).